The molecule has 0 bridgehead atoms. The van der Waals surface area contributed by atoms with Gasteiger partial charge in [-0.3, -0.25) is 14.9 Å². The summed E-state index contributed by atoms with van der Waals surface area (Å²) in [5.74, 6) is -8.24. The van der Waals surface area contributed by atoms with E-state index in [9.17, 15) is 47.9 Å². The van der Waals surface area contributed by atoms with Gasteiger partial charge in [0.2, 0.25) is 0 Å². The molecule has 11 nitrogen and oxygen atoms in total. The van der Waals surface area contributed by atoms with Gasteiger partial charge < -0.3 is 15.3 Å². The van der Waals surface area contributed by atoms with Gasteiger partial charge in [0, 0.05) is 50.3 Å². The van der Waals surface area contributed by atoms with Crippen molar-refractivity contribution in [2.45, 2.75) is 41.1 Å². The minimum atomic E-state index is -5.08. The summed E-state index contributed by atoms with van der Waals surface area (Å²) in [5.41, 5.74) is 4.14. The fourth-order valence-corrected chi connectivity index (χ4v) is 6.51. The van der Waals surface area contributed by atoms with Crippen LogP contribution in [-0.2, 0) is 30.8 Å². The van der Waals surface area contributed by atoms with Crippen molar-refractivity contribution < 1.29 is 77.6 Å². The Balaban J connectivity index is 0.000000313. The lowest BCUT2D eigenvalue weighted by atomic mass is 9.95. The Bertz CT molecular complexity index is 1630. The Morgan fingerprint density at radius 1 is 0.729 bits per heavy atom. The van der Waals surface area contributed by atoms with Crippen molar-refractivity contribution in [3.05, 3.63) is 78.4 Å². The average molecular weight is 720 g/mol. The van der Waals surface area contributed by atoms with E-state index in [4.69, 9.17) is 29.7 Å². The highest BCUT2D eigenvalue weighted by molar-refractivity contribution is 7.92. The molecule has 2 aliphatic heterocycles. The second kappa shape index (κ2) is 15.4. The van der Waals surface area contributed by atoms with Crippen molar-refractivity contribution in [1.29, 1.82) is 0 Å². The van der Waals surface area contributed by atoms with E-state index in [1.165, 1.54) is 0 Å². The summed E-state index contributed by atoms with van der Waals surface area (Å²) in [4.78, 5) is 37.7. The highest BCUT2D eigenvalue weighted by Gasteiger charge is 2.50. The van der Waals surface area contributed by atoms with E-state index in [2.05, 4.69) is 14.9 Å². The van der Waals surface area contributed by atoms with Crippen molar-refractivity contribution in [3.8, 4) is 11.1 Å². The van der Waals surface area contributed by atoms with Gasteiger partial charge in [0.05, 0.1) is 10.1 Å². The van der Waals surface area contributed by atoms with Crippen LogP contribution in [0.4, 0.5) is 39.5 Å². The number of carboxylic acids is 3. The van der Waals surface area contributed by atoms with Gasteiger partial charge in [0.25, 0.3) is 0 Å². The first-order valence-corrected chi connectivity index (χ1v) is 14.3. The maximum atomic E-state index is 13.1. The van der Waals surface area contributed by atoms with Gasteiger partial charge in [-0.05, 0) is 52.6 Å². The topological polar surface area (TPSA) is 175 Å². The van der Waals surface area contributed by atoms with Gasteiger partial charge in [-0.15, -0.1) is 0 Å². The average Bonchev–Trinajstić information content (AvgIpc) is 3.49. The molecule has 2 atom stereocenters. The monoisotopic (exact) mass is 719 g/mol. The number of fused-ring (bicyclic) bond motifs is 3. The minimum Gasteiger partial charge on any atom is -0.475 e. The first-order valence-electron chi connectivity index (χ1n) is 12.8. The van der Waals surface area contributed by atoms with Crippen molar-refractivity contribution >= 4 is 27.7 Å². The highest BCUT2D eigenvalue weighted by atomic mass is 32.2. The molecule has 2 unspecified atom stereocenters. The van der Waals surface area contributed by atoms with Crippen LogP contribution < -0.4 is 0 Å². The zero-order chi connectivity index (χ0) is 36.7. The number of hydrogen-bond acceptors (Lipinski definition) is 8. The Morgan fingerprint density at radius 3 is 1.67 bits per heavy atom. The summed E-state index contributed by atoms with van der Waals surface area (Å²) in [7, 11) is -3.28. The van der Waals surface area contributed by atoms with Crippen LogP contribution in [0.15, 0.2) is 72.1 Å². The van der Waals surface area contributed by atoms with E-state index in [0.717, 1.165) is 35.3 Å². The van der Waals surface area contributed by atoms with Crippen molar-refractivity contribution in [3.63, 3.8) is 0 Å². The quantitative estimate of drug-likeness (QED) is 0.317. The molecule has 0 aliphatic carbocycles. The van der Waals surface area contributed by atoms with Crippen LogP contribution in [0.25, 0.3) is 11.1 Å². The zero-order valence-electron chi connectivity index (χ0n) is 23.7. The van der Waals surface area contributed by atoms with Crippen molar-refractivity contribution in [2.24, 2.45) is 0 Å². The molecule has 1 saturated heterocycles. The van der Waals surface area contributed by atoms with Gasteiger partial charge >= 0.3 is 36.4 Å². The number of benzene rings is 1. The van der Waals surface area contributed by atoms with E-state index < -0.39 is 46.3 Å². The van der Waals surface area contributed by atoms with Crippen LogP contribution in [0.5, 0.6) is 0 Å². The summed E-state index contributed by atoms with van der Waals surface area (Å²) >= 11 is 0. The standard InChI is InChI=1S/C21H19N3O2S.3C2HF3O2/c25-27(26)20-4-3-16(17-2-1-7-23-11-17)10-18(20)19-13-24(14-21(19)27)12-15-5-8-22-9-6-15;3*3-2(4,5)1(6)7/h1-11,19,21H,12-14H2;3*(H,6,7). The summed E-state index contributed by atoms with van der Waals surface area (Å²) in [5, 5.41) is 21.0. The lowest BCUT2D eigenvalue weighted by Gasteiger charge is -2.17. The third-order valence-corrected chi connectivity index (χ3v) is 8.59. The van der Waals surface area contributed by atoms with Crippen molar-refractivity contribution in [2.75, 3.05) is 13.1 Å². The number of alkyl halides is 9. The number of carbonyl (C=O) groups is 3. The number of nitrogens with zero attached hydrogens (tertiary/aromatic N) is 3. The maximum Gasteiger partial charge on any atom is 0.490 e. The SMILES string of the molecule is O=C(O)C(F)(F)F.O=C(O)C(F)(F)F.O=C(O)C(F)(F)F.O=S1(=O)c2ccc(-c3cccnc3)cc2C2CN(Cc3ccncc3)CC21. The van der Waals surface area contributed by atoms with Crippen LogP contribution in [0.1, 0.15) is 17.0 Å². The molecule has 0 spiro atoms. The number of aliphatic carboxylic acids is 3. The first-order chi connectivity index (χ1) is 22.0. The van der Waals surface area contributed by atoms with E-state index in [1.54, 1.807) is 24.7 Å². The second-order valence-electron chi connectivity index (χ2n) is 9.64. The number of aromatic nitrogens is 2. The van der Waals surface area contributed by atoms with Gasteiger partial charge in [-0.25, -0.2) is 22.8 Å². The van der Waals surface area contributed by atoms with Crippen LogP contribution in [0.3, 0.4) is 0 Å². The molecule has 0 saturated carbocycles. The molecule has 0 radical (unpaired) electrons. The molecule has 1 aromatic carbocycles. The molecule has 262 valence electrons. The third-order valence-electron chi connectivity index (χ3n) is 6.33. The van der Waals surface area contributed by atoms with E-state index in [-0.39, 0.29) is 11.2 Å². The number of rotatable bonds is 3. The van der Waals surface area contributed by atoms with Gasteiger partial charge in [-0.2, -0.15) is 39.5 Å². The molecular weight excluding hydrogens is 697 g/mol. The predicted octanol–water partition coefficient (Wildman–Crippen LogP) is 4.80. The lowest BCUT2D eigenvalue weighted by molar-refractivity contribution is -0.193. The Hall–Kier alpha value is -4.79. The van der Waals surface area contributed by atoms with Crippen LogP contribution in [-0.4, -0.2) is 93.4 Å². The summed E-state index contributed by atoms with van der Waals surface area (Å²) < 4.78 is 121. The molecule has 4 heterocycles. The fraction of sp³-hybridized carbons (Fsp3) is 0.296. The second-order valence-corrected chi connectivity index (χ2v) is 11.8. The third kappa shape index (κ3) is 10.9. The predicted molar refractivity (Wildman–Crippen MR) is 144 cm³/mol. The molecule has 3 aromatic rings. The van der Waals surface area contributed by atoms with Crippen LogP contribution in [0, 0.1) is 0 Å². The Kier molecular flexibility index (Phi) is 12.6. The van der Waals surface area contributed by atoms with Gasteiger partial charge in [0.15, 0.2) is 9.84 Å². The molecular formula is C27H22F9N3O8S. The molecule has 5 rings (SSSR count). The van der Waals surface area contributed by atoms with E-state index in [1.807, 2.05) is 42.6 Å². The molecule has 2 aliphatic rings. The van der Waals surface area contributed by atoms with Crippen LogP contribution in [0.2, 0.25) is 0 Å². The molecule has 48 heavy (non-hydrogen) atoms. The number of pyridine rings is 2. The summed E-state index contributed by atoms with van der Waals surface area (Å²) in [6.07, 6.45) is -8.14. The molecule has 21 heteroatoms. The number of carboxylic acid groups (broad SMARTS) is 3. The zero-order valence-corrected chi connectivity index (χ0v) is 24.5. The van der Waals surface area contributed by atoms with Crippen LogP contribution >= 0.6 is 0 Å². The number of likely N-dealkylation sites (tertiary alicyclic amines) is 1. The number of sulfone groups is 1. The normalized spacial score (nSPS) is 17.9. The largest absolute Gasteiger partial charge is 0.490 e. The molecule has 0 amide bonds. The van der Waals surface area contributed by atoms with Gasteiger partial charge in [0.1, 0.15) is 0 Å². The smallest absolute Gasteiger partial charge is 0.475 e. The molecule has 2 aromatic heterocycles. The van der Waals surface area contributed by atoms with Crippen molar-refractivity contribution in [1.82, 2.24) is 14.9 Å². The Morgan fingerprint density at radius 2 is 1.23 bits per heavy atom. The maximum absolute atomic E-state index is 13.1. The highest BCUT2D eigenvalue weighted by Crippen LogP contribution is 2.46. The number of halogens is 9. The first kappa shape index (κ1) is 39.4. The molecule has 1 fully saturated rings. The number of hydrogen-bond donors (Lipinski definition) is 3. The van der Waals surface area contributed by atoms with E-state index in [0.29, 0.717) is 11.4 Å². The summed E-state index contributed by atoms with van der Waals surface area (Å²) in [6.45, 7) is 2.09. The molecule has 3 N–H and O–H groups in total. The minimum absolute atomic E-state index is 0.0310. The lowest BCUT2D eigenvalue weighted by Crippen LogP contribution is -2.25. The summed E-state index contributed by atoms with van der Waals surface area (Å²) in [6, 6.07) is 13.6. The van der Waals surface area contributed by atoms with E-state index >= 15 is 0 Å². The fourth-order valence-electron chi connectivity index (χ4n) is 4.31. The van der Waals surface area contributed by atoms with Gasteiger partial charge in [-0.1, -0.05) is 12.1 Å². The Labute approximate surface area is 264 Å².